The van der Waals surface area contributed by atoms with E-state index in [0.29, 0.717) is 44.8 Å². The third-order valence-corrected chi connectivity index (χ3v) is 8.09. The minimum Gasteiger partial charge on any atom is -0.457 e. The van der Waals surface area contributed by atoms with E-state index in [1.54, 1.807) is 6.07 Å². The van der Waals surface area contributed by atoms with Gasteiger partial charge in [-0.1, -0.05) is 90.5 Å². The number of rotatable bonds is 17. The predicted octanol–water partition coefficient (Wildman–Crippen LogP) is 5.84. The SMILES string of the molecule is Cc1cccc(-c2cc(C(=O)[C@@H](Cc3ccccc3)C(=O)N3C(=O)OC[C@H]3Cc3ccccc3)oc2CCCOCCOCCO)c1. The third kappa shape index (κ3) is 9.04. The molecule has 47 heavy (non-hydrogen) atoms. The van der Waals surface area contributed by atoms with E-state index in [-0.39, 0.29) is 32.0 Å². The van der Waals surface area contributed by atoms with Gasteiger partial charge in [0.15, 0.2) is 5.76 Å². The molecule has 9 nitrogen and oxygen atoms in total. The molecule has 0 bridgehead atoms. The van der Waals surface area contributed by atoms with Crippen molar-refractivity contribution < 1.29 is 38.1 Å². The molecule has 5 rings (SSSR count). The van der Waals surface area contributed by atoms with Gasteiger partial charge in [0.2, 0.25) is 11.7 Å². The zero-order valence-corrected chi connectivity index (χ0v) is 26.6. The Balaban J connectivity index is 1.41. The number of carbonyl (C=O) groups excluding carboxylic acids is 3. The van der Waals surface area contributed by atoms with Gasteiger partial charge >= 0.3 is 6.09 Å². The number of amides is 2. The summed E-state index contributed by atoms with van der Waals surface area (Å²) >= 11 is 0. The molecule has 2 atom stereocenters. The predicted molar refractivity (Wildman–Crippen MR) is 176 cm³/mol. The molecule has 0 unspecified atom stereocenters. The summed E-state index contributed by atoms with van der Waals surface area (Å²) in [6, 6.07) is 28.0. The molecular formula is C38H41NO8. The van der Waals surface area contributed by atoms with E-state index in [1.807, 2.05) is 91.9 Å². The van der Waals surface area contributed by atoms with Gasteiger partial charge in [0.05, 0.1) is 32.5 Å². The van der Waals surface area contributed by atoms with Gasteiger partial charge < -0.3 is 23.7 Å². The normalized spacial score (nSPS) is 15.1. The first kappa shape index (κ1) is 33.8. The number of aryl methyl sites for hydroxylation is 2. The summed E-state index contributed by atoms with van der Waals surface area (Å²) in [6.45, 7) is 3.54. The number of ether oxygens (including phenoxy) is 3. The molecule has 2 amide bonds. The number of aliphatic hydroxyl groups excluding tert-OH is 1. The number of ketones is 1. The van der Waals surface area contributed by atoms with E-state index in [4.69, 9.17) is 23.7 Å². The summed E-state index contributed by atoms with van der Waals surface area (Å²) < 4.78 is 22.5. The maximum Gasteiger partial charge on any atom is 0.417 e. The Morgan fingerprint density at radius 2 is 1.60 bits per heavy atom. The molecule has 9 heteroatoms. The second-order valence-electron chi connectivity index (χ2n) is 11.6. The summed E-state index contributed by atoms with van der Waals surface area (Å²) in [7, 11) is 0. The number of aliphatic hydroxyl groups is 1. The minimum absolute atomic E-state index is 0.0323. The number of Topliss-reactive ketones (excluding diaryl/α,β-unsaturated/α-hetero) is 1. The molecule has 3 aromatic carbocycles. The van der Waals surface area contributed by atoms with Crippen LogP contribution in [0.1, 0.15) is 39.4 Å². The van der Waals surface area contributed by atoms with E-state index in [9.17, 15) is 14.4 Å². The molecule has 0 radical (unpaired) electrons. The highest BCUT2D eigenvalue weighted by molar-refractivity contribution is 6.12. The Bertz CT molecular complexity index is 1620. The topological polar surface area (TPSA) is 116 Å². The lowest BCUT2D eigenvalue weighted by Gasteiger charge is -2.24. The molecule has 2 heterocycles. The standard InChI is InChI=1S/C38H41NO8/c1-27-10-8-15-30(22-27)32-25-35(47-34(32)16-9-18-44-20-21-45-19-17-40)36(41)33(24-29-13-6-3-7-14-29)37(42)39-31(26-46-38(39)43)23-28-11-4-2-5-12-28/h2-8,10-15,22,25,31,33,40H,9,16-21,23-24,26H2,1H3/t31-,33-/m1/s1. The average Bonchev–Trinajstić information content (AvgIpc) is 3.68. The van der Waals surface area contributed by atoms with Gasteiger partial charge in [-0.05, 0) is 48.9 Å². The number of hydrogen-bond acceptors (Lipinski definition) is 8. The molecule has 1 aliphatic heterocycles. The molecule has 1 aliphatic rings. The second-order valence-corrected chi connectivity index (χ2v) is 11.6. The summed E-state index contributed by atoms with van der Waals surface area (Å²) in [6.07, 6.45) is 0.908. The van der Waals surface area contributed by atoms with Crippen LogP contribution in [-0.2, 0) is 38.3 Å². The van der Waals surface area contributed by atoms with Crippen molar-refractivity contribution >= 4 is 17.8 Å². The zero-order valence-electron chi connectivity index (χ0n) is 26.6. The van der Waals surface area contributed by atoms with Crippen molar-refractivity contribution in [2.24, 2.45) is 5.92 Å². The van der Waals surface area contributed by atoms with Crippen LogP contribution in [0.25, 0.3) is 11.1 Å². The van der Waals surface area contributed by atoms with Gasteiger partial charge in [0, 0.05) is 18.6 Å². The van der Waals surface area contributed by atoms with Crippen LogP contribution in [0.5, 0.6) is 0 Å². The molecule has 246 valence electrons. The van der Waals surface area contributed by atoms with E-state index in [2.05, 4.69) is 0 Å². The van der Waals surface area contributed by atoms with Crippen LogP contribution in [0.15, 0.2) is 95.4 Å². The van der Waals surface area contributed by atoms with Crippen molar-refractivity contribution in [1.29, 1.82) is 0 Å². The van der Waals surface area contributed by atoms with Crippen LogP contribution < -0.4 is 0 Å². The van der Waals surface area contributed by atoms with Gasteiger partial charge in [0.25, 0.3) is 0 Å². The van der Waals surface area contributed by atoms with Crippen molar-refractivity contribution in [2.45, 2.75) is 38.6 Å². The highest BCUT2D eigenvalue weighted by atomic mass is 16.6. The Morgan fingerprint density at radius 3 is 2.30 bits per heavy atom. The zero-order chi connectivity index (χ0) is 33.0. The quantitative estimate of drug-likeness (QED) is 0.0870. The lowest BCUT2D eigenvalue weighted by atomic mass is 9.91. The summed E-state index contributed by atoms with van der Waals surface area (Å²) in [5.74, 6) is -1.61. The van der Waals surface area contributed by atoms with Gasteiger partial charge in [-0.2, -0.15) is 0 Å². The first-order valence-corrected chi connectivity index (χ1v) is 16.0. The van der Waals surface area contributed by atoms with Crippen molar-refractivity contribution in [2.75, 3.05) is 39.6 Å². The Kier molecular flexibility index (Phi) is 12.1. The largest absolute Gasteiger partial charge is 0.457 e. The van der Waals surface area contributed by atoms with Crippen molar-refractivity contribution in [3.8, 4) is 11.1 Å². The highest BCUT2D eigenvalue weighted by Gasteiger charge is 2.44. The highest BCUT2D eigenvalue weighted by Crippen LogP contribution is 2.32. The Hall–Kier alpha value is -4.57. The summed E-state index contributed by atoms with van der Waals surface area (Å²) in [5.41, 5.74) is 4.48. The van der Waals surface area contributed by atoms with Crippen LogP contribution in [0.3, 0.4) is 0 Å². The van der Waals surface area contributed by atoms with Crippen molar-refractivity contribution in [3.05, 3.63) is 119 Å². The second kappa shape index (κ2) is 16.8. The van der Waals surface area contributed by atoms with Crippen LogP contribution in [0.2, 0.25) is 0 Å². The Labute approximate surface area is 275 Å². The number of furan rings is 1. The smallest absolute Gasteiger partial charge is 0.417 e. The van der Waals surface area contributed by atoms with Gasteiger partial charge in [-0.25, -0.2) is 9.69 Å². The monoisotopic (exact) mass is 639 g/mol. The van der Waals surface area contributed by atoms with Gasteiger partial charge in [0.1, 0.15) is 18.3 Å². The third-order valence-electron chi connectivity index (χ3n) is 8.09. The van der Waals surface area contributed by atoms with E-state index in [1.165, 1.54) is 0 Å². The first-order chi connectivity index (χ1) is 22.9. The molecule has 0 saturated carbocycles. The van der Waals surface area contributed by atoms with Crippen molar-refractivity contribution in [3.63, 3.8) is 0 Å². The maximum absolute atomic E-state index is 14.3. The van der Waals surface area contributed by atoms with Gasteiger partial charge in [-0.3, -0.25) is 9.59 Å². The average molecular weight is 640 g/mol. The Morgan fingerprint density at radius 1 is 0.894 bits per heavy atom. The minimum atomic E-state index is -1.20. The lowest BCUT2D eigenvalue weighted by Crippen LogP contribution is -2.46. The van der Waals surface area contributed by atoms with Crippen LogP contribution in [0.4, 0.5) is 4.79 Å². The van der Waals surface area contributed by atoms with Crippen LogP contribution in [-0.4, -0.2) is 73.5 Å². The molecular weight excluding hydrogens is 598 g/mol. The number of imide groups is 1. The van der Waals surface area contributed by atoms with E-state index < -0.39 is 29.7 Å². The van der Waals surface area contributed by atoms with E-state index in [0.717, 1.165) is 32.7 Å². The molecule has 1 fully saturated rings. The van der Waals surface area contributed by atoms with Crippen molar-refractivity contribution in [1.82, 2.24) is 4.90 Å². The molecule has 1 N–H and O–H groups in total. The first-order valence-electron chi connectivity index (χ1n) is 16.0. The lowest BCUT2D eigenvalue weighted by molar-refractivity contribution is -0.131. The molecule has 0 spiro atoms. The fraction of sp³-hybridized carbons (Fsp3) is 0.342. The summed E-state index contributed by atoms with van der Waals surface area (Å²) in [4.78, 5) is 42.7. The number of benzene rings is 3. The number of cyclic esters (lactones) is 1. The van der Waals surface area contributed by atoms with Crippen LogP contribution in [0, 0.1) is 12.8 Å². The molecule has 1 saturated heterocycles. The van der Waals surface area contributed by atoms with E-state index >= 15 is 0 Å². The maximum atomic E-state index is 14.3. The number of carbonyl (C=O) groups is 3. The fourth-order valence-electron chi connectivity index (χ4n) is 5.76. The number of hydrogen-bond donors (Lipinski definition) is 1. The molecule has 4 aromatic rings. The molecule has 1 aromatic heterocycles. The summed E-state index contributed by atoms with van der Waals surface area (Å²) in [5, 5.41) is 8.84. The van der Waals surface area contributed by atoms with Gasteiger partial charge in [-0.15, -0.1) is 0 Å². The fourth-order valence-corrected chi connectivity index (χ4v) is 5.76. The van der Waals surface area contributed by atoms with Crippen LogP contribution >= 0.6 is 0 Å². The molecule has 0 aliphatic carbocycles. The number of nitrogens with zero attached hydrogens (tertiary/aromatic N) is 1.